The average molecular weight is 287 g/mol. The van der Waals surface area contributed by atoms with Crippen molar-refractivity contribution in [3.05, 3.63) is 11.1 Å². The lowest BCUT2D eigenvalue weighted by molar-refractivity contribution is -0.116. The van der Waals surface area contributed by atoms with Crippen molar-refractivity contribution in [1.29, 1.82) is 0 Å². The maximum atomic E-state index is 11.4. The summed E-state index contributed by atoms with van der Waals surface area (Å²) in [5, 5.41) is 2.83. The van der Waals surface area contributed by atoms with Crippen LogP contribution in [-0.2, 0) is 10.5 Å². The summed E-state index contributed by atoms with van der Waals surface area (Å²) in [6.07, 6.45) is 0. The molecule has 1 atom stereocenters. The Hall–Kier alpha value is -0.590. The molecule has 1 amide bonds. The fourth-order valence-corrected chi connectivity index (χ4v) is 3.46. The zero-order chi connectivity index (χ0) is 13.5. The first-order valence-corrected chi connectivity index (χ1v) is 8.12. The highest BCUT2D eigenvalue weighted by Gasteiger charge is 2.13. The van der Waals surface area contributed by atoms with Crippen molar-refractivity contribution in [3.63, 3.8) is 0 Å². The second kappa shape index (κ2) is 7.76. The monoisotopic (exact) mass is 287 g/mol. The number of amides is 1. The van der Waals surface area contributed by atoms with Gasteiger partial charge in [0.2, 0.25) is 5.91 Å². The molecule has 1 rings (SSSR count). The van der Waals surface area contributed by atoms with Crippen LogP contribution < -0.4 is 10.6 Å². The first-order chi connectivity index (χ1) is 8.58. The van der Waals surface area contributed by atoms with E-state index in [1.54, 1.807) is 11.8 Å². The van der Waals surface area contributed by atoms with Gasteiger partial charge >= 0.3 is 0 Å². The lowest BCUT2D eigenvalue weighted by Gasteiger charge is -2.14. The Bertz CT molecular complexity index is 381. The first kappa shape index (κ1) is 15.5. The molecule has 0 aliphatic carbocycles. The van der Waals surface area contributed by atoms with Gasteiger partial charge in [-0.25, -0.2) is 4.98 Å². The smallest absolute Gasteiger partial charge is 0.225 e. The second-order valence-corrected chi connectivity index (χ2v) is 6.11. The molecule has 0 bridgehead atoms. The molecule has 0 aliphatic rings. The summed E-state index contributed by atoms with van der Waals surface area (Å²) in [5.74, 6) is 2.52. The summed E-state index contributed by atoms with van der Waals surface area (Å²) in [5.41, 5.74) is 6.62. The van der Waals surface area contributed by atoms with Crippen molar-refractivity contribution in [2.24, 2.45) is 11.7 Å². The molecule has 0 fully saturated rings. The fraction of sp³-hybridized carbons (Fsp3) is 0.667. The molecular weight excluding hydrogens is 266 g/mol. The van der Waals surface area contributed by atoms with Crippen LogP contribution in [0.1, 0.15) is 26.5 Å². The summed E-state index contributed by atoms with van der Waals surface area (Å²) in [6, 6.07) is 0. The van der Waals surface area contributed by atoms with Crippen molar-refractivity contribution >= 4 is 34.1 Å². The van der Waals surface area contributed by atoms with E-state index in [0.717, 1.165) is 28.9 Å². The topological polar surface area (TPSA) is 59.2 Å². The van der Waals surface area contributed by atoms with E-state index in [2.05, 4.69) is 11.9 Å². The molecule has 2 N–H and O–H groups in total. The Kier molecular flexibility index (Phi) is 6.67. The summed E-state index contributed by atoms with van der Waals surface area (Å²) in [6.45, 7) is 7.07. The number of carbonyl (C=O) groups excluding carboxylic acids is 1. The third-order valence-electron chi connectivity index (χ3n) is 2.52. The highest BCUT2D eigenvalue weighted by molar-refractivity contribution is 7.98. The summed E-state index contributed by atoms with van der Waals surface area (Å²) in [7, 11) is 0. The van der Waals surface area contributed by atoms with Gasteiger partial charge in [-0.1, -0.05) is 6.92 Å². The van der Waals surface area contributed by atoms with Gasteiger partial charge in [-0.15, -0.1) is 11.3 Å². The standard InChI is InChI=1S/C12H21N3OS2/c1-4-15(10(3)16)12-14-11(8-18-12)7-17-6-9(2)5-13/h8-9H,4-7,13H2,1-3H3. The SMILES string of the molecule is CCN(C(C)=O)c1nc(CSCC(C)CN)cs1. The van der Waals surface area contributed by atoms with E-state index < -0.39 is 0 Å². The van der Waals surface area contributed by atoms with E-state index in [1.165, 1.54) is 11.3 Å². The summed E-state index contributed by atoms with van der Waals surface area (Å²) < 4.78 is 0. The molecule has 0 saturated carbocycles. The molecule has 1 unspecified atom stereocenters. The zero-order valence-corrected chi connectivity index (χ0v) is 12.8. The number of hydrogen-bond acceptors (Lipinski definition) is 5. The van der Waals surface area contributed by atoms with Crippen LogP contribution >= 0.6 is 23.1 Å². The third kappa shape index (κ3) is 4.59. The number of rotatable bonds is 7. The van der Waals surface area contributed by atoms with Crippen LogP contribution in [0.25, 0.3) is 0 Å². The van der Waals surface area contributed by atoms with Crippen LogP contribution in [-0.4, -0.2) is 29.7 Å². The van der Waals surface area contributed by atoms with Gasteiger partial charge in [-0.3, -0.25) is 9.69 Å². The normalized spacial score (nSPS) is 12.4. The van der Waals surface area contributed by atoms with Crippen LogP contribution in [0.15, 0.2) is 5.38 Å². The highest BCUT2D eigenvalue weighted by Crippen LogP contribution is 2.23. The number of hydrogen-bond donors (Lipinski definition) is 1. The molecule has 0 saturated heterocycles. The molecule has 102 valence electrons. The number of aromatic nitrogens is 1. The zero-order valence-electron chi connectivity index (χ0n) is 11.2. The Morgan fingerprint density at radius 1 is 1.67 bits per heavy atom. The highest BCUT2D eigenvalue weighted by atomic mass is 32.2. The summed E-state index contributed by atoms with van der Waals surface area (Å²) in [4.78, 5) is 17.6. The molecule has 4 nitrogen and oxygen atoms in total. The number of thioether (sulfide) groups is 1. The van der Waals surface area contributed by atoms with Crippen molar-refractivity contribution in [3.8, 4) is 0 Å². The Labute approximate surface area is 117 Å². The van der Waals surface area contributed by atoms with Crippen molar-refractivity contribution in [2.75, 3.05) is 23.7 Å². The molecule has 0 aliphatic heterocycles. The second-order valence-electron chi connectivity index (χ2n) is 4.24. The molecule has 1 aromatic heterocycles. The van der Waals surface area contributed by atoms with Crippen molar-refractivity contribution < 1.29 is 4.79 Å². The van der Waals surface area contributed by atoms with Gasteiger partial charge in [0.25, 0.3) is 0 Å². The Morgan fingerprint density at radius 2 is 2.39 bits per heavy atom. The minimum absolute atomic E-state index is 0.0443. The summed E-state index contributed by atoms with van der Waals surface area (Å²) >= 11 is 3.37. The van der Waals surface area contributed by atoms with Crippen LogP contribution in [0.5, 0.6) is 0 Å². The van der Waals surface area contributed by atoms with E-state index in [4.69, 9.17) is 5.73 Å². The molecule has 18 heavy (non-hydrogen) atoms. The van der Waals surface area contributed by atoms with Crippen LogP contribution in [0.3, 0.4) is 0 Å². The number of carbonyl (C=O) groups is 1. The van der Waals surface area contributed by atoms with Gasteiger partial charge in [-0.2, -0.15) is 11.8 Å². The van der Waals surface area contributed by atoms with E-state index in [9.17, 15) is 4.79 Å². The van der Waals surface area contributed by atoms with Crippen molar-refractivity contribution in [1.82, 2.24) is 4.98 Å². The fourth-order valence-electron chi connectivity index (χ4n) is 1.41. The third-order valence-corrected chi connectivity index (χ3v) is 4.74. The molecule has 0 radical (unpaired) electrons. The number of anilines is 1. The van der Waals surface area contributed by atoms with E-state index in [-0.39, 0.29) is 5.91 Å². The van der Waals surface area contributed by atoms with Gasteiger partial charge in [0, 0.05) is 24.6 Å². The predicted octanol–water partition coefficient (Wildman–Crippen LogP) is 2.34. The van der Waals surface area contributed by atoms with Gasteiger partial charge in [0.1, 0.15) is 0 Å². The molecule has 0 spiro atoms. The van der Waals surface area contributed by atoms with Crippen molar-refractivity contribution in [2.45, 2.75) is 26.5 Å². The molecule has 1 heterocycles. The lowest BCUT2D eigenvalue weighted by Crippen LogP contribution is -2.27. The molecule has 6 heteroatoms. The van der Waals surface area contributed by atoms with Gasteiger partial charge in [0.05, 0.1) is 5.69 Å². The van der Waals surface area contributed by atoms with E-state index in [1.807, 2.05) is 24.1 Å². The molecular formula is C12H21N3OS2. The van der Waals surface area contributed by atoms with Crippen LogP contribution in [0, 0.1) is 5.92 Å². The quantitative estimate of drug-likeness (QED) is 0.836. The van der Waals surface area contributed by atoms with Gasteiger partial charge < -0.3 is 5.73 Å². The van der Waals surface area contributed by atoms with E-state index >= 15 is 0 Å². The van der Waals surface area contributed by atoms with Gasteiger partial charge in [0.15, 0.2) is 5.13 Å². The van der Waals surface area contributed by atoms with E-state index in [0.29, 0.717) is 12.5 Å². The molecule has 0 aromatic carbocycles. The maximum Gasteiger partial charge on any atom is 0.225 e. The number of nitrogens with zero attached hydrogens (tertiary/aromatic N) is 2. The minimum Gasteiger partial charge on any atom is -0.330 e. The van der Waals surface area contributed by atoms with Crippen LogP contribution in [0.4, 0.5) is 5.13 Å². The predicted molar refractivity (Wildman–Crippen MR) is 80.2 cm³/mol. The lowest BCUT2D eigenvalue weighted by atomic mass is 10.2. The maximum absolute atomic E-state index is 11.4. The largest absolute Gasteiger partial charge is 0.330 e. The minimum atomic E-state index is 0.0443. The van der Waals surface area contributed by atoms with Gasteiger partial charge in [-0.05, 0) is 25.1 Å². The Balaban J connectivity index is 2.50. The Morgan fingerprint density at radius 3 is 2.94 bits per heavy atom. The first-order valence-electron chi connectivity index (χ1n) is 6.08. The molecule has 1 aromatic rings. The number of thiazole rings is 1. The van der Waals surface area contributed by atoms with Crippen LogP contribution in [0.2, 0.25) is 0 Å². The number of nitrogens with two attached hydrogens (primary N) is 1. The average Bonchev–Trinajstić information content (AvgIpc) is 2.78.